The molecule has 0 aliphatic heterocycles. The summed E-state index contributed by atoms with van der Waals surface area (Å²) in [4.78, 5) is 20.7. The molecule has 1 aromatic carbocycles. The molecular formula is C22H29F3O4. The molecule has 4 nitrogen and oxygen atoms in total. The van der Waals surface area contributed by atoms with Crippen molar-refractivity contribution in [3.63, 3.8) is 0 Å². The first kappa shape index (κ1) is 26.5. The molecule has 1 N–H and O–H groups in total. The summed E-state index contributed by atoms with van der Waals surface area (Å²) in [5, 5.41) is 10.3. The minimum absolute atomic E-state index is 0.00859. The van der Waals surface area contributed by atoms with Gasteiger partial charge >= 0.3 is 18.1 Å². The SMILES string of the molecule is C#CCCCC(=O)OC(=O)C(F)(F)F.CC(C)(C)c1cccc(C(C)(C)C)c1O. The Hall–Kier alpha value is -2.49. The molecule has 0 radical (unpaired) electrons. The molecule has 1 rings (SSSR count). The molecular weight excluding hydrogens is 385 g/mol. The Morgan fingerprint density at radius 3 is 1.83 bits per heavy atom. The van der Waals surface area contributed by atoms with Crippen molar-refractivity contribution in [3.05, 3.63) is 29.3 Å². The van der Waals surface area contributed by atoms with Crippen molar-refractivity contribution >= 4 is 11.9 Å². The van der Waals surface area contributed by atoms with Crippen molar-refractivity contribution in [2.45, 2.75) is 77.8 Å². The highest BCUT2D eigenvalue weighted by Crippen LogP contribution is 2.38. The Morgan fingerprint density at radius 1 is 1.03 bits per heavy atom. The van der Waals surface area contributed by atoms with Gasteiger partial charge < -0.3 is 9.84 Å². The maximum absolute atomic E-state index is 11.5. The van der Waals surface area contributed by atoms with E-state index in [0.29, 0.717) is 5.75 Å². The molecule has 0 saturated heterocycles. The van der Waals surface area contributed by atoms with Gasteiger partial charge in [-0.05, 0) is 28.4 Å². The summed E-state index contributed by atoms with van der Waals surface area (Å²) in [7, 11) is 0. The zero-order valence-electron chi connectivity index (χ0n) is 17.7. The lowest BCUT2D eigenvalue weighted by molar-refractivity contribution is -0.201. The van der Waals surface area contributed by atoms with E-state index in [2.05, 4.69) is 52.2 Å². The fraction of sp³-hybridized carbons (Fsp3) is 0.545. The minimum atomic E-state index is -5.14. The van der Waals surface area contributed by atoms with Crippen LogP contribution in [0.1, 0.15) is 71.9 Å². The number of benzene rings is 1. The standard InChI is InChI=1S/C14H22O.C8H7F3O3/c1-13(2,3)10-8-7-9-11(12(10)15)14(4,5)6;1-2-3-4-5-6(12)14-7(13)8(9,10)11/h7-9,15H,1-6H3;1H,3-5H2. The number of rotatable bonds is 3. The van der Waals surface area contributed by atoms with Crippen LogP contribution in [0.5, 0.6) is 5.75 Å². The third kappa shape index (κ3) is 9.51. The highest BCUT2D eigenvalue weighted by atomic mass is 19.4. The number of halogens is 3. The topological polar surface area (TPSA) is 63.6 Å². The molecule has 0 bridgehead atoms. The zero-order valence-corrected chi connectivity index (χ0v) is 17.7. The molecule has 162 valence electrons. The van der Waals surface area contributed by atoms with Crippen molar-refractivity contribution in [2.75, 3.05) is 0 Å². The molecule has 1 aromatic rings. The molecule has 7 heteroatoms. The van der Waals surface area contributed by atoms with Gasteiger partial charge in [-0.3, -0.25) is 4.79 Å². The Labute approximate surface area is 170 Å². The molecule has 0 fully saturated rings. The predicted molar refractivity (Wildman–Crippen MR) is 105 cm³/mol. The first-order valence-electron chi connectivity index (χ1n) is 9.10. The molecule has 0 amide bonds. The smallest absolute Gasteiger partial charge is 0.491 e. The number of ether oxygens (including phenoxy) is 1. The van der Waals surface area contributed by atoms with Crippen LogP contribution in [0, 0.1) is 12.3 Å². The van der Waals surface area contributed by atoms with Gasteiger partial charge in [-0.2, -0.15) is 13.2 Å². The lowest BCUT2D eigenvalue weighted by Crippen LogP contribution is -2.27. The molecule has 0 heterocycles. The summed E-state index contributed by atoms with van der Waals surface area (Å²) in [5.74, 6) is -1.07. The van der Waals surface area contributed by atoms with Gasteiger partial charge in [0.15, 0.2) is 0 Å². The number of hydrogen-bond donors (Lipinski definition) is 1. The van der Waals surface area contributed by atoms with E-state index in [4.69, 9.17) is 6.42 Å². The van der Waals surface area contributed by atoms with Gasteiger partial charge in [-0.1, -0.05) is 59.7 Å². The van der Waals surface area contributed by atoms with E-state index in [1.807, 2.05) is 18.2 Å². The Morgan fingerprint density at radius 2 is 1.48 bits per heavy atom. The fourth-order valence-corrected chi connectivity index (χ4v) is 2.30. The number of aromatic hydroxyl groups is 1. The minimum Gasteiger partial charge on any atom is -0.507 e. The number of carbonyl (C=O) groups excluding carboxylic acids is 2. The lowest BCUT2D eigenvalue weighted by atomic mass is 9.80. The van der Waals surface area contributed by atoms with Gasteiger partial charge in [0.1, 0.15) is 5.75 Å². The Balaban J connectivity index is 0.000000543. The monoisotopic (exact) mass is 414 g/mol. The predicted octanol–water partition coefficient (Wildman–Crippen LogP) is 5.41. The van der Waals surface area contributed by atoms with Gasteiger partial charge in [0, 0.05) is 12.8 Å². The molecule has 0 aromatic heterocycles. The van der Waals surface area contributed by atoms with Crippen molar-refractivity contribution in [1.82, 2.24) is 0 Å². The maximum Gasteiger partial charge on any atom is 0.491 e. The number of hydrogen-bond acceptors (Lipinski definition) is 4. The van der Waals surface area contributed by atoms with Crippen LogP contribution in [0.25, 0.3) is 0 Å². The van der Waals surface area contributed by atoms with Crippen molar-refractivity contribution in [2.24, 2.45) is 0 Å². The first-order valence-corrected chi connectivity index (χ1v) is 9.10. The number of carbonyl (C=O) groups is 2. The zero-order chi connectivity index (χ0) is 23.0. The lowest BCUT2D eigenvalue weighted by Gasteiger charge is -2.26. The molecule has 0 saturated carbocycles. The second-order valence-electron chi connectivity index (χ2n) is 8.52. The number of esters is 2. The number of phenolic OH excluding ortho intramolecular Hbond substituents is 1. The molecule has 0 aliphatic rings. The van der Waals surface area contributed by atoms with E-state index in [9.17, 15) is 27.9 Å². The van der Waals surface area contributed by atoms with Gasteiger partial charge in [-0.25, -0.2) is 4.79 Å². The highest BCUT2D eigenvalue weighted by Gasteiger charge is 2.42. The molecule has 0 aliphatic carbocycles. The molecule has 29 heavy (non-hydrogen) atoms. The fourth-order valence-electron chi connectivity index (χ4n) is 2.30. The van der Waals surface area contributed by atoms with Crippen molar-refractivity contribution < 1.29 is 32.6 Å². The van der Waals surface area contributed by atoms with E-state index in [1.165, 1.54) is 0 Å². The van der Waals surface area contributed by atoms with Gasteiger partial charge in [0.2, 0.25) is 0 Å². The van der Waals surface area contributed by atoms with Crippen molar-refractivity contribution in [1.29, 1.82) is 0 Å². The van der Waals surface area contributed by atoms with E-state index in [-0.39, 0.29) is 30.1 Å². The van der Waals surface area contributed by atoms with Gasteiger partial charge in [0.25, 0.3) is 0 Å². The van der Waals surface area contributed by atoms with E-state index < -0.39 is 18.1 Å². The normalized spacial score (nSPS) is 11.7. The Kier molecular flexibility index (Phi) is 9.45. The van der Waals surface area contributed by atoms with Crippen LogP contribution in [0.15, 0.2) is 18.2 Å². The van der Waals surface area contributed by atoms with Crippen molar-refractivity contribution in [3.8, 4) is 18.1 Å². The van der Waals surface area contributed by atoms with Crippen LogP contribution in [0.2, 0.25) is 0 Å². The highest BCUT2D eigenvalue weighted by molar-refractivity contribution is 5.88. The molecule has 0 spiro atoms. The largest absolute Gasteiger partial charge is 0.507 e. The number of phenols is 1. The second-order valence-corrected chi connectivity index (χ2v) is 8.52. The number of para-hydroxylation sites is 1. The van der Waals surface area contributed by atoms with E-state index >= 15 is 0 Å². The first-order chi connectivity index (χ1) is 13.0. The van der Waals surface area contributed by atoms with Crippen LogP contribution in [0.3, 0.4) is 0 Å². The van der Waals surface area contributed by atoms with Crippen LogP contribution in [-0.2, 0) is 25.2 Å². The summed E-state index contributed by atoms with van der Waals surface area (Å²) in [5.41, 5.74) is 2.03. The van der Waals surface area contributed by atoms with Crippen LogP contribution < -0.4 is 0 Å². The number of alkyl halides is 3. The number of unbranched alkanes of at least 4 members (excludes halogenated alkanes) is 1. The quantitative estimate of drug-likeness (QED) is 0.311. The third-order valence-corrected chi connectivity index (χ3v) is 3.79. The molecule has 0 unspecified atom stereocenters. The van der Waals surface area contributed by atoms with Crippen LogP contribution >= 0.6 is 0 Å². The Bertz CT molecular complexity index is 713. The number of terminal acetylenes is 1. The summed E-state index contributed by atoms with van der Waals surface area (Å²) < 4.78 is 38.1. The average molecular weight is 414 g/mol. The third-order valence-electron chi connectivity index (χ3n) is 3.79. The summed E-state index contributed by atoms with van der Waals surface area (Å²) in [6, 6.07) is 6.04. The van der Waals surface area contributed by atoms with E-state index in [0.717, 1.165) is 11.1 Å². The summed E-state index contributed by atoms with van der Waals surface area (Å²) in [6.07, 6.45) is -0.160. The van der Waals surface area contributed by atoms with Gasteiger partial charge in [-0.15, -0.1) is 12.3 Å². The maximum atomic E-state index is 11.5. The van der Waals surface area contributed by atoms with Crippen LogP contribution in [0.4, 0.5) is 13.2 Å². The second kappa shape index (κ2) is 10.3. The van der Waals surface area contributed by atoms with E-state index in [1.54, 1.807) is 0 Å². The van der Waals surface area contributed by atoms with Gasteiger partial charge in [0.05, 0.1) is 0 Å². The van der Waals surface area contributed by atoms with Crippen LogP contribution in [-0.4, -0.2) is 23.2 Å². The summed E-state index contributed by atoms with van der Waals surface area (Å²) in [6.45, 7) is 12.7. The molecule has 0 atom stereocenters. The average Bonchev–Trinajstić information content (AvgIpc) is 2.52. The summed E-state index contributed by atoms with van der Waals surface area (Å²) >= 11 is 0.